The molecule has 0 bridgehead atoms. The molecule has 15 N–H and O–H groups in total. The monoisotopic (exact) mass is 2280 g/mol. The molecule has 5 saturated heterocycles. The van der Waals surface area contributed by atoms with E-state index >= 15 is 0 Å². The molecule has 5 aliphatic heterocycles. The van der Waals surface area contributed by atoms with Crippen LogP contribution < -0.4 is 56.2 Å². The Morgan fingerprint density at radius 2 is 0.557 bits per heavy atom. The molecular formula is C87H91BrF10I2N10O30. The van der Waals surface area contributed by atoms with Gasteiger partial charge in [0.1, 0.15) is 115 Å². The van der Waals surface area contributed by atoms with Crippen molar-refractivity contribution in [2.75, 3.05) is 33.0 Å². The summed E-state index contributed by atoms with van der Waals surface area (Å²) in [4.78, 5) is 126. The highest BCUT2D eigenvalue weighted by Gasteiger charge is 2.50. The Morgan fingerprint density at radius 3 is 0.829 bits per heavy atom. The predicted octanol–water partition coefficient (Wildman–Crippen LogP) is -0.886. The van der Waals surface area contributed by atoms with Crippen molar-refractivity contribution in [1.82, 2.24) is 45.7 Å². The first-order valence-corrected chi connectivity index (χ1v) is 44.9. The van der Waals surface area contributed by atoms with E-state index in [2.05, 4.69) is 15.9 Å². The first-order valence-electron chi connectivity index (χ1n) is 42.0. The minimum absolute atomic E-state index is 0.0267. The second-order valence-electron chi connectivity index (χ2n) is 32.4. The van der Waals surface area contributed by atoms with Crippen molar-refractivity contribution in [2.45, 2.75) is 200 Å². The van der Waals surface area contributed by atoms with Crippen LogP contribution in [0.1, 0.15) is 70.1 Å². The van der Waals surface area contributed by atoms with E-state index in [1.54, 1.807) is 63.4 Å². The van der Waals surface area contributed by atoms with Crippen LogP contribution >= 0.6 is 61.1 Å². The summed E-state index contributed by atoms with van der Waals surface area (Å²) < 4.78 is 175. The number of benzene rings is 5. The number of nitrogens with zero attached hydrogens (tertiary/aromatic N) is 10. The van der Waals surface area contributed by atoms with Gasteiger partial charge in [0.25, 0.3) is 45.6 Å². The summed E-state index contributed by atoms with van der Waals surface area (Å²) in [5.41, 5.74) is -9.77. The van der Waals surface area contributed by atoms with Gasteiger partial charge in [0.15, 0.2) is 31.1 Å². The van der Waals surface area contributed by atoms with Crippen molar-refractivity contribution < 1.29 is 144 Å². The number of rotatable bonds is 25. The first kappa shape index (κ1) is 110. The van der Waals surface area contributed by atoms with E-state index in [1.807, 2.05) is 0 Å². The van der Waals surface area contributed by atoms with Crippen LogP contribution in [-0.4, -0.2) is 247 Å². The molecule has 140 heavy (non-hydrogen) atoms. The van der Waals surface area contributed by atoms with Gasteiger partial charge in [0.05, 0.1) is 64.3 Å². The van der Waals surface area contributed by atoms with Gasteiger partial charge in [-0.3, -0.25) is 69.6 Å². The topological polar surface area (TPSA) is 570 Å². The normalized spacial score (nSPS) is 25.0. The molecule has 0 aliphatic carbocycles. The highest BCUT2D eigenvalue weighted by Crippen LogP contribution is 2.37. The first-order chi connectivity index (χ1) is 66.0. The Labute approximate surface area is 815 Å². The predicted molar refractivity (Wildman–Crippen MR) is 484 cm³/mol. The molecule has 5 aromatic carbocycles. The van der Waals surface area contributed by atoms with E-state index in [4.69, 9.17) is 23.7 Å². The number of halogens is 13. The minimum atomic E-state index is -3.52. The van der Waals surface area contributed by atoms with E-state index in [0.29, 0.717) is 25.8 Å². The lowest BCUT2D eigenvalue weighted by Crippen LogP contribution is -2.46. The van der Waals surface area contributed by atoms with Crippen LogP contribution in [0.25, 0.3) is 0 Å². The maximum Gasteiger partial charge on any atom is 0.333 e. The summed E-state index contributed by atoms with van der Waals surface area (Å²) in [7, 11) is 0. The Bertz CT molecular complexity index is 6180. The molecule has 0 spiro atoms. The van der Waals surface area contributed by atoms with Crippen molar-refractivity contribution in [2.24, 2.45) is 0 Å². The zero-order chi connectivity index (χ0) is 103. The Morgan fingerprint density at radius 1 is 0.321 bits per heavy atom. The summed E-state index contributed by atoms with van der Waals surface area (Å²) in [6.45, 7) is -4.23. The quantitative estimate of drug-likeness (QED) is 0.0244. The van der Waals surface area contributed by atoms with Crippen molar-refractivity contribution in [3.63, 3.8) is 0 Å². The number of aryl methyl sites for hydroxylation is 4. The van der Waals surface area contributed by atoms with Crippen LogP contribution in [-0.2, 0) is 87.0 Å². The SMILES string of the molecule is Cc1cn([C@@H]2O[C@H](CO)C(O)[C@@H]2O)c(=O)n(CC(F)(F)c2ccccc2)c1=O.Cc1cn([C@@H]2O[C@H](CO)C(O)[C@@H]2O)c(=O)n(CCc2ccc(F)cc2F)c1=O.O=c1c(Br)cn([C@@H]2O[C@H](CO)C(O)[C@@H]2O)c(=O)n1CC(F)(F)c1ccccc1.O=c1c(I)cn([C@@H]2O[C@H](CO)C(O)[C@@H]2O)c(=O)n1CC(F)(F)c1ccccc1.O=c1c(I)cn([C@@H]2O[C@H](CO)C(O)[C@@H]2O)c(=O)n1CCc1ccc(F)cc1F. The highest BCUT2D eigenvalue weighted by molar-refractivity contribution is 14.1. The second kappa shape index (κ2) is 46.5. The van der Waals surface area contributed by atoms with Gasteiger partial charge in [-0.1, -0.05) is 103 Å². The van der Waals surface area contributed by atoms with Crippen LogP contribution in [0.15, 0.2) is 211 Å². The van der Waals surface area contributed by atoms with E-state index < -0.39 is 273 Å². The van der Waals surface area contributed by atoms with Crippen LogP contribution in [0, 0.1) is 44.3 Å². The van der Waals surface area contributed by atoms with Crippen LogP contribution in [0.3, 0.4) is 0 Å². The average Bonchev–Trinajstić information content (AvgIpc) is 1.51. The number of aromatic nitrogens is 10. The van der Waals surface area contributed by atoms with E-state index in [-0.39, 0.29) is 76.5 Å². The van der Waals surface area contributed by atoms with Gasteiger partial charge in [0.2, 0.25) is 0 Å². The average molecular weight is 2280 g/mol. The molecule has 5 aromatic heterocycles. The van der Waals surface area contributed by atoms with Gasteiger partial charge in [-0.05, 0) is 111 Å². The minimum Gasteiger partial charge on any atom is -0.394 e. The largest absolute Gasteiger partial charge is 0.394 e. The summed E-state index contributed by atoms with van der Waals surface area (Å²) in [5, 5.41) is 146. The number of ether oxygens (including phenoxy) is 5. The summed E-state index contributed by atoms with van der Waals surface area (Å²) >= 11 is 6.21. The van der Waals surface area contributed by atoms with Gasteiger partial charge in [-0.2, -0.15) is 26.3 Å². The Balaban J connectivity index is 0.000000167. The van der Waals surface area contributed by atoms with Crippen molar-refractivity contribution >= 4 is 61.1 Å². The zero-order valence-corrected chi connectivity index (χ0v) is 78.7. The molecule has 760 valence electrons. The number of hydrogen-bond acceptors (Lipinski definition) is 30. The zero-order valence-electron chi connectivity index (χ0n) is 72.8. The molecule has 53 heteroatoms. The van der Waals surface area contributed by atoms with Gasteiger partial charge in [-0.15, -0.1) is 0 Å². The fourth-order valence-electron chi connectivity index (χ4n) is 15.4. The lowest BCUT2D eigenvalue weighted by molar-refractivity contribution is -0.0579. The molecule has 40 nitrogen and oxygen atoms in total. The Hall–Kier alpha value is -10.1. The van der Waals surface area contributed by atoms with Gasteiger partial charge in [0, 0.05) is 84.0 Å². The summed E-state index contributed by atoms with van der Waals surface area (Å²) in [6.07, 6.45) is -22.2. The number of aliphatic hydroxyl groups is 15. The fraction of sp³-hybridized carbons (Fsp3) is 0.425. The lowest BCUT2D eigenvalue weighted by Gasteiger charge is -2.22. The van der Waals surface area contributed by atoms with Gasteiger partial charge >= 0.3 is 28.4 Å². The molecule has 20 atom stereocenters. The smallest absolute Gasteiger partial charge is 0.333 e. The molecule has 10 heterocycles. The van der Waals surface area contributed by atoms with Gasteiger partial charge < -0.3 is 100 Å². The number of hydrogen-bond donors (Lipinski definition) is 15. The van der Waals surface area contributed by atoms with E-state index in [9.17, 15) is 168 Å². The van der Waals surface area contributed by atoms with Crippen LogP contribution in [0.2, 0.25) is 0 Å². The number of alkyl halides is 6. The second-order valence-corrected chi connectivity index (χ2v) is 35.6. The molecule has 0 saturated carbocycles. The molecule has 15 rings (SSSR count). The summed E-state index contributed by atoms with van der Waals surface area (Å²) in [5.74, 6) is -13.6. The molecule has 5 unspecified atom stereocenters. The van der Waals surface area contributed by atoms with Crippen molar-refractivity contribution in [3.05, 3.63) is 336 Å². The molecule has 10 aromatic rings. The van der Waals surface area contributed by atoms with Crippen molar-refractivity contribution in [1.29, 1.82) is 0 Å². The van der Waals surface area contributed by atoms with Gasteiger partial charge in [-0.25, -0.2) is 41.5 Å². The Kier molecular flexibility index (Phi) is 36.7. The van der Waals surface area contributed by atoms with E-state index in [0.717, 1.165) is 62.7 Å². The molecule has 0 radical (unpaired) electrons. The summed E-state index contributed by atoms with van der Waals surface area (Å²) in [6, 6.07) is 26.3. The van der Waals surface area contributed by atoms with Crippen molar-refractivity contribution in [3.8, 4) is 0 Å². The fourth-order valence-corrected chi connectivity index (χ4v) is 17.0. The maximum atomic E-state index is 14.6. The van der Waals surface area contributed by atoms with E-state index in [1.165, 1.54) is 111 Å². The molecule has 5 aliphatic rings. The number of aliphatic hydroxyl groups excluding tert-OH is 15. The maximum absolute atomic E-state index is 14.6. The third-order valence-electron chi connectivity index (χ3n) is 23.0. The lowest BCUT2D eigenvalue weighted by atomic mass is 10.1. The molecule has 0 amide bonds. The standard InChI is InChI=1S/2C18H20F2N2O6.C17H17BrF2N2O6.2C17H17F2IN2O6/c1-9-7-22(17-15(25)14(24)13(8-23)28-17)18(27)21(16(9)26)5-4-10-2-3-11(19)6-12(10)20;1-10-7-21(16-14(25)13(24)12(8-23)28-16)17(27)22(15(10)26)9-18(19,20)11-5-3-2-4-6-11;18-10-6-21(15-13(25)12(24)11(7-23)28-15)16(27)22(14(10)26)8-17(19,20)9-4-2-1-3-5-9;18-9-2-1-8(10(19)5-9)3-4-21-15(26)11(20)6-22(17(21)27)16-14(25)13(24)12(7-23)28-16;18-17(19,9-4-2-1-3-5-9)8-22-14(26)10(20)6-21(16(22)27)15-13(25)12(24)11(7-23)28-15/h2-3,6-7,13-15,17,23-25H,4-5,8H2,1H3;2-7,12-14,16,23-25H,8-9H2,1H3;1-6,11-13,15,23-25H,7-8H2;1-2,5-6,12-14,16,23-25H,3-4,7H2;1-6,11-13,15,23-25H,7-8H2/t13-,14?,15+,17-;12-,13?,14+,16-;11-,12?,13+,15-;12-,13?,14+,16-;11-,12?,13+,15-/m11111/s1. The molecule has 5 fully saturated rings. The van der Waals surface area contributed by atoms with Crippen LogP contribution in [0.5, 0.6) is 0 Å². The highest BCUT2D eigenvalue weighted by atomic mass is 127. The van der Waals surface area contributed by atoms with Crippen LogP contribution in [0.4, 0.5) is 43.9 Å². The third-order valence-corrected chi connectivity index (χ3v) is 25.1. The third kappa shape index (κ3) is 24.0. The molecular weight excluding hydrogens is 2190 g/mol.